The van der Waals surface area contributed by atoms with Gasteiger partial charge in [-0.2, -0.15) is 8.78 Å². The maximum Gasteiger partial charge on any atom is 0.387 e. The molecular weight excluding hydrogens is 349 g/mol. The van der Waals surface area contributed by atoms with Crippen LogP contribution in [-0.4, -0.2) is 11.7 Å². The highest BCUT2D eigenvalue weighted by Crippen LogP contribution is 2.28. The van der Waals surface area contributed by atoms with Crippen molar-refractivity contribution in [2.75, 3.05) is 5.32 Å². The molecule has 0 spiro atoms. The molecule has 0 amide bonds. The number of hydrogen-bond acceptors (Lipinski definition) is 2. The number of hydrogen-bond donors (Lipinski definition) is 2. The molecule has 2 aromatic carbocycles. The Bertz CT molecular complexity index is 683. The first-order valence-corrected chi connectivity index (χ1v) is 7.26. The molecule has 0 atom stereocenters. The number of alkyl halides is 2. The molecule has 2 N–H and O–H groups in total. The van der Waals surface area contributed by atoms with Gasteiger partial charge in [-0.25, -0.2) is 4.39 Å². The molecule has 3 nitrogen and oxygen atoms in total. The van der Waals surface area contributed by atoms with Gasteiger partial charge >= 0.3 is 6.61 Å². The van der Waals surface area contributed by atoms with Crippen LogP contribution in [0.5, 0.6) is 5.75 Å². The van der Waals surface area contributed by atoms with Crippen LogP contribution < -0.4 is 15.4 Å². The summed E-state index contributed by atoms with van der Waals surface area (Å²) in [5, 5.41) is 6.15. The van der Waals surface area contributed by atoms with E-state index in [0.29, 0.717) is 17.3 Å². The second-order valence-electron chi connectivity index (χ2n) is 4.46. The van der Waals surface area contributed by atoms with Gasteiger partial charge in [0.15, 0.2) is 5.11 Å². The zero-order valence-corrected chi connectivity index (χ0v) is 13.2. The van der Waals surface area contributed by atoms with E-state index in [0.717, 1.165) is 5.56 Å². The summed E-state index contributed by atoms with van der Waals surface area (Å²) in [6.07, 6.45) is 0. The fraction of sp³-hybridized carbons (Fsp3) is 0.133. The molecule has 0 fully saturated rings. The van der Waals surface area contributed by atoms with E-state index in [1.807, 2.05) is 0 Å². The molecule has 0 unspecified atom stereocenters. The second kappa shape index (κ2) is 8.03. The lowest BCUT2D eigenvalue weighted by molar-refractivity contribution is -0.0497. The fourth-order valence-electron chi connectivity index (χ4n) is 1.73. The van der Waals surface area contributed by atoms with Crippen LogP contribution in [0.2, 0.25) is 5.02 Å². The average Bonchev–Trinajstić information content (AvgIpc) is 2.49. The Kier molecular flexibility index (Phi) is 6.06. The number of benzene rings is 2. The smallest absolute Gasteiger partial charge is 0.387 e. The maximum absolute atomic E-state index is 12.8. The Morgan fingerprint density at radius 1 is 1.17 bits per heavy atom. The van der Waals surface area contributed by atoms with Gasteiger partial charge in [0, 0.05) is 12.2 Å². The highest BCUT2D eigenvalue weighted by atomic mass is 35.5. The SMILES string of the molecule is Fc1ccc(CNC(=S)Nc2ccc(OC(F)F)c(Cl)c2)cc1. The first kappa shape index (κ1) is 17.4. The van der Waals surface area contributed by atoms with Gasteiger partial charge in [0.2, 0.25) is 0 Å². The predicted molar refractivity (Wildman–Crippen MR) is 87.5 cm³/mol. The van der Waals surface area contributed by atoms with Crippen LogP contribution in [0.15, 0.2) is 42.5 Å². The lowest BCUT2D eigenvalue weighted by Gasteiger charge is -2.12. The van der Waals surface area contributed by atoms with E-state index in [4.69, 9.17) is 23.8 Å². The summed E-state index contributed by atoms with van der Waals surface area (Å²) in [5.41, 5.74) is 1.38. The van der Waals surface area contributed by atoms with Gasteiger partial charge in [0.05, 0.1) is 5.02 Å². The van der Waals surface area contributed by atoms with Crippen molar-refractivity contribution < 1.29 is 17.9 Å². The summed E-state index contributed by atoms with van der Waals surface area (Å²) in [7, 11) is 0. The van der Waals surface area contributed by atoms with Crippen LogP contribution in [0.4, 0.5) is 18.9 Å². The van der Waals surface area contributed by atoms with Crippen LogP contribution in [-0.2, 0) is 6.54 Å². The van der Waals surface area contributed by atoms with Gasteiger partial charge in [-0.15, -0.1) is 0 Å². The summed E-state index contributed by atoms with van der Waals surface area (Å²) in [6, 6.07) is 10.2. The normalized spacial score (nSPS) is 10.5. The van der Waals surface area contributed by atoms with Crippen molar-refractivity contribution in [2.24, 2.45) is 0 Å². The Hall–Kier alpha value is -1.99. The van der Waals surface area contributed by atoms with Gasteiger partial charge < -0.3 is 15.4 Å². The summed E-state index contributed by atoms with van der Waals surface area (Å²) in [6.45, 7) is -2.53. The summed E-state index contributed by atoms with van der Waals surface area (Å²) in [4.78, 5) is 0. The minimum atomic E-state index is -2.94. The van der Waals surface area contributed by atoms with E-state index in [-0.39, 0.29) is 16.6 Å². The highest BCUT2D eigenvalue weighted by Gasteiger charge is 2.09. The molecule has 122 valence electrons. The molecule has 0 saturated heterocycles. The quantitative estimate of drug-likeness (QED) is 0.765. The minimum absolute atomic E-state index is 0.0386. The number of nitrogens with one attached hydrogen (secondary N) is 2. The van der Waals surface area contributed by atoms with E-state index in [1.54, 1.807) is 12.1 Å². The van der Waals surface area contributed by atoms with Crippen LogP contribution in [0.1, 0.15) is 5.56 Å². The molecule has 0 bridgehead atoms. The Morgan fingerprint density at radius 2 is 1.87 bits per heavy atom. The zero-order valence-electron chi connectivity index (χ0n) is 11.7. The number of rotatable bonds is 5. The molecule has 0 saturated carbocycles. The van der Waals surface area contributed by atoms with Crippen molar-refractivity contribution in [3.8, 4) is 5.75 Å². The third-order valence-electron chi connectivity index (χ3n) is 2.77. The van der Waals surface area contributed by atoms with Gasteiger partial charge in [-0.05, 0) is 48.1 Å². The van der Waals surface area contributed by atoms with Crippen molar-refractivity contribution in [1.29, 1.82) is 0 Å². The van der Waals surface area contributed by atoms with Crippen LogP contribution in [0, 0.1) is 5.82 Å². The third-order valence-corrected chi connectivity index (χ3v) is 3.31. The molecule has 2 aromatic rings. The molecule has 0 aliphatic heterocycles. The molecule has 2 rings (SSSR count). The van der Waals surface area contributed by atoms with E-state index < -0.39 is 6.61 Å². The first-order valence-electron chi connectivity index (χ1n) is 6.47. The summed E-state index contributed by atoms with van der Waals surface area (Å²) in [5.74, 6) is -0.424. The standard InChI is InChI=1S/C15H12ClF3N2OS/c16-12-7-11(5-6-13(12)22-14(18)19)21-15(23)20-8-9-1-3-10(17)4-2-9/h1-7,14H,8H2,(H2,20,21,23). The number of ether oxygens (including phenoxy) is 1. The minimum Gasteiger partial charge on any atom is -0.433 e. The van der Waals surface area contributed by atoms with E-state index in [1.165, 1.54) is 30.3 Å². The molecule has 0 aromatic heterocycles. The number of halogens is 4. The maximum atomic E-state index is 12.8. The summed E-state index contributed by atoms with van der Waals surface area (Å²) < 4.78 is 41.3. The van der Waals surface area contributed by atoms with E-state index >= 15 is 0 Å². The topological polar surface area (TPSA) is 33.3 Å². The van der Waals surface area contributed by atoms with E-state index in [9.17, 15) is 13.2 Å². The number of thiocarbonyl (C=S) groups is 1. The Balaban J connectivity index is 1.89. The van der Waals surface area contributed by atoms with Crippen LogP contribution in [0.25, 0.3) is 0 Å². The highest BCUT2D eigenvalue weighted by molar-refractivity contribution is 7.80. The molecule has 8 heteroatoms. The van der Waals surface area contributed by atoms with Gasteiger partial charge in [-0.1, -0.05) is 23.7 Å². The first-order chi connectivity index (χ1) is 10.9. The van der Waals surface area contributed by atoms with Crippen molar-refractivity contribution in [1.82, 2.24) is 5.32 Å². The Labute approximate surface area is 141 Å². The molecular formula is C15H12ClF3N2OS. The lowest BCUT2D eigenvalue weighted by atomic mass is 10.2. The van der Waals surface area contributed by atoms with Gasteiger partial charge in [0.25, 0.3) is 0 Å². The van der Waals surface area contributed by atoms with Crippen LogP contribution >= 0.6 is 23.8 Å². The number of anilines is 1. The monoisotopic (exact) mass is 360 g/mol. The Morgan fingerprint density at radius 3 is 2.48 bits per heavy atom. The third kappa shape index (κ3) is 5.61. The molecule has 0 radical (unpaired) electrons. The second-order valence-corrected chi connectivity index (χ2v) is 5.27. The van der Waals surface area contributed by atoms with Crippen molar-refractivity contribution in [3.05, 3.63) is 58.9 Å². The lowest BCUT2D eigenvalue weighted by Crippen LogP contribution is -2.27. The van der Waals surface area contributed by atoms with Crippen LogP contribution in [0.3, 0.4) is 0 Å². The van der Waals surface area contributed by atoms with Gasteiger partial charge in [-0.3, -0.25) is 0 Å². The molecule has 0 heterocycles. The van der Waals surface area contributed by atoms with Crippen molar-refractivity contribution in [2.45, 2.75) is 13.2 Å². The molecule has 0 aliphatic carbocycles. The zero-order chi connectivity index (χ0) is 16.8. The van der Waals surface area contributed by atoms with Gasteiger partial charge in [0.1, 0.15) is 11.6 Å². The van der Waals surface area contributed by atoms with Crippen molar-refractivity contribution in [3.63, 3.8) is 0 Å². The largest absolute Gasteiger partial charge is 0.433 e. The average molecular weight is 361 g/mol. The van der Waals surface area contributed by atoms with E-state index in [2.05, 4.69) is 15.4 Å². The molecule has 23 heavy (non-hydrogen) atoms. The summed E-state index contributed by atoms with van der Waals surface area (Å²) >= 11 is 11.0. The predicted octanol–water partition coefficient (Wildman–Crippen LogP) is 4.57. The fourth-order valence-corrected chi connectivity index (χ4v) is 2.15. The molecule has 0 aliphatic rings. The van der Waals surface area contributed by atoms with Crippen molar-refractivity contribution >= 4 is 34.6 Å².